The van der Waals surface area contributed by atoms with Crippen molar-refractivity contribution in [2.45, 2.75) is 13.0 Å². The molecule has 1 fully saturated rings. The summed E-state index contributed by atoms with van der Waals surface area (Å²) in [7, 11) is 1.86. The van der Waals surface area contributed by atoms with E-state index in [1.54, 1.807) is 23.5 Å². The van der Waals surface area contributed by atoms with Crippen molar-refractivity contribution in [1.82, 2.24) is 20.1 Å². The predicted octanol–water partition coefficient (Wildman–Crippen LogP) is 3.47. The van der Waals surface area contributed by atoms with Crippen molar-refractivity contribution in [3.63, 3.8) is 0 Å². The minimum absolute atomic E-state index is 0. The molecule has 2 heterocycles. The zero-order valence-corrected chi connectivity index (χ0v) is 18.9. The summed E-state index contributed by atoms with van der Waals surface area (Å²) in [5.74, 6) is -0.0103. The molecule has 158 valence electrons. The van der Waals surface area contributed by atoms with Crippen molar-refractivity contribution in [3.05, 3.63) is 41.2 Å². The average Bonchev–Trinajstić information content (AvgIpc) is 3.09. The fourth-order valence-electron chi connectivity index (χ4n) is 2.88. The number of piperazine rings is 1. The summed E-state index contributed by atoms with van der Waals surface area (Å²) in [4.78, 5) is 21.0. The topological polar surface area (TPSA) is 48.5 Å². The van der Waals surface area contributed by atoms with Crippen LogP contribution in [-0.4, -0.2) is 60.5 Å². The van der Waals surface area contributed by atoms with Gasteiger partial charge in [-0.1, -0.05) is 0 Å². The van der Waals surface area contributed by atoms with Gasteiger partial charge in [-0.25, -0.2) is 9.37 Å². The van der Waals surface area contributed by atoms with Gasteiger partial charge >= 0.3 is 0 Å². The number of nitrogens with zero attached hydrogens (tertiary/aromatic N) is 3. The first-order valence-electron chi connectivity index (χ1n) is 8.51. The molecule has 0 bridgehead atoms. The molecule has 5 nitrogen and oxygen atoms in total. The molecule has 1 N–H and O–H groups in total. The largest absolute Gasteiger partial charge is 0.340 e. The lowest BCUT2D eigenvalue weighted by molar-refractivity contribution is -0.132. The standard InChI is InChI=1S/C18H23FN4OS.3ClH/c1-20-7-6-17(24)23-10-8-22(9-11-23)12-16-13-25-18(21-16)14-2-4-15(19)5-3-14;;;/h2-5,13,20H,6-12H2,1H3;3*1H. The van der Waals surface area contributed by atoms with Crippen molar-refractivity contribution in [2.75, 3.05) is 39.8 Å². The van der Waals surface area contributed by atoms with Crippen LogP contribution >= 0.6 is 48.6 Å². The molecule has 0 radical (unpaired) electrons. The van der Waals surface area contributed by atoms with E-state index in [9.17, 15) is 9.18 Å². The molecule has 28 heavy (non-hydrogen) atoms. The third-order valence-corrected chi connectivity index (χ3v) is 5.28. The van der Waals surface area contributed by atoms with Crippen LogP contribution in [0.1, 0.15) is 12.1 Å². The molecular formula is C18H26Cl3FN4OS. The quantitative estimate of drug-likeness (QED) is 0.701. The highest BCUT2D eigenvalue weighted by Crippen LogP contribution is 2.24. The Kier molecular flexibility index (Phi) is 12.8. The van der Waals surface area contributed by atoms with Crippen LogP contribution in [0.2, 0.25) is 0 Å². The molecule has 1 amide bonds. The molecule has 2 aromatic rings. The molecule has 0 aliphatic carbocycles. The molecule has 0 saturated carbocycles. The number of halogens is 4. The summed E-state index contributed by atoms with van der Waals surface area (Å²) in [6, 6.07) is 6.43. The number of nitrogens with one attached hydrogen (secondary N) is 1. The van der Waals surface area contributed by atoms with Gasteiger partial charge in [0.1, 0.15) is 10.8 Å². The predicted molar refractivity (Wildman–Crippen MR) is 120 cm³/mol. The van der Waals surface area contributed by atoms with Gasteiger partial charge < -0.3 is 10.2 Å². The molecule has 1 aliphatic heterocycles. The second-order valence-corrected chi connectivity index (χ2v) is 7.02. The van der Waals surface area contributed by atoms with Crippen molar-refractivity contribution < 1.29 is 9.18 Å². The molecule has 0 atom stereocenters. The van der Waals surface area contributed by atoms with Crippen molar-refractivity contribution >= 4 is 54.5 Å². The normalized spacial score (nSPS) is 13.9. The van der Waals surface area contributed by atoms with E-state index in [1.807, 2.05) is 11.9 Å². The Labute approximate surface area is 187 Å². The van der Waals surface area contributed by atoms with E-state index in [2.05, 4.69) is 20.6 Å². The summed E-state index contributed by atoms with van der Waals surface area (Å²) < 4.78 is 13.0. The van der Waals surface area contributed by atoms with E-state index in [0.29, 0.717) is 6.42 Å². The molecule has 0 spiro atoms. The molecule has 1 aliphatic rings. The summed E-state index contributed by atoms with van der Waals surface area (Å²) in [5, 5.41) is 5.98. The third kappa shape index (κ3) is 7.46. The fourth-order valence-corrected chi connectivity index (χ4v) is 3.70. The summed E-state index contributed by atoms with van der Waals surface area (Å²) in [5.41, 5.74) is 1.97. The monoisotopic (exact) mass is 470 g/mol. The fraction of sp³-hybridized carbons (Fsp3) is 0.444. The van der Waals surface area contributed by atoms with Crippen LogP contribution in [0.3, 0.4) is 0 Å². The van der Waals surface area contributed by atoms with Crippen LogP contribution in [0.5, 0.6) is 0 Å². The van der Waals surface area contributed by atoms with Gasteiger partial charge in [0.05, 0.1) is 5.69 Å². The van der Waals surface area contributed by atoms with E-state index in [-0.39, 0.29) is 48.9 Å². The van der Waals surface area contributed by atoms with E-state index in [0.717, 1.165) is 55.5 Å². The number of benzene rings is 1. The Hall–Kier alpha value is -0.960. The summed E-state index contributed by atoms with van der Waals surface area (Å²) in [6.07, 6.45) is 0.559. The molecule has 3 rings (SSSR count). The number of aromatic nitrogens is 1. The molecule has 1 saturated heterocycles. The first-order chi connectivity index (χ1) is 12.2. The molecular weight excluding hydrogens is 446 g/mol. The Morgan fingerprint density at radius 2 is 1.79 bits per heavy atom. The number of hydrogen-bond donors (Lipinski definition) is 1. The minimum Gasteiger partial charge on any atom is -0.340 e. The van der Waals surface area contributed by atoms with Crippen molar-refractivity contribution in [1.29, 1.82) is 0 Å². The maximum absolute atomic E-state index is 13.0. The van der Waals surface area contributed by atoms with Crippen LogP contribution in [0.4, 0.5) is 4.39 Å². The molecule has 10 heteroatoms. The van der Waals surface area contributed by atoms with Crippen LogP contribution in [0.25, 0.3) is 10.6 Å². The Morgan fingerprint density at radius 1 is 1.14 bits per heavy atom. The molecule has 1 aromatic heterocycles. The lowest BCUT2D eigenvalue weighted by Gasteiger charge is -2.34. The maximum Gasteiger partial charge on any atom is 0.223 e. The van der Waals surface area contributed by atoms with Crippen LogP contribution in [0, 0.1) is 5.82 Å². The lowest BCUT2D eigenvalue weighted by Crippen LogP contribution is -2.48. The van der Waals surface area contributed by atoms with Crippen molar-refractivity contribution in [3.8, 4) is 10.6 Å². The Balaban J connectivity index is 0.00000243. The highest BCUT2D eigenvalue weighted by Gasteiger charge is 2.21. The maximum atomic E-state index is 13.0. The summed E-state index contributed by atoms with van der Waals surface area (Å²) >= 11 is 1.58. The number of rotatable bonds is 6. The second-order valence-electron chi connectivity index (χ2n) is 6.16. The van der Waals surface area contributed by atoms with Crippen LogP contribution < -0.4 is 5.32 Å². The minimum atomic E-state index is -0.234. The SMILES string of the molecule is CNCCC(=O)N1CCN(Cc2csc(-c3ccc(F)cc3)n2)CC1.Cl.Cl.Cl. The van der Waals surface area contributed by atoms with Crippen LogP contribution in [0.15, 0.2) is 29.6 Å². The average molecular weight is 472 g/mol. The summed E-state index contributed by atoms with van der Waals surface area (Å²) in [6.45, 7) is 4.80. The van der Waals surface area contributed by atoms with E-state index < -0.39 is 0 Å². The van der Waals surface area contributed by atoms with E-state index in [1.165, 1.54) is 12.1 Å². The van der Waals surface area contributed by atoms with Gasteiger partial charge in [-0.2, -0.15) is 0 Å². The van der Waals surface area contributed by atoms with Gasteiger partial charge in [0.2, 0.25) is 5.91 Å². The van der Waals surface area contributed by atoms with Gasteiger partial charge in [0.15, 0.2) is 0 Å². The van der Waals surface area contributed by atoms with Gasteiger partial charge in [0.25, 0.3) is 0 Å². The third-order valence-electron chi connectivity index (χ3n) is 4.34. The highest BCUT2D eigenvalue weighted by molar-refractivity contribution is 7.13. The zero-order chi connectivity index (χ0) is 17.6. The zero-order valence-electron chi connectivity index (χ0n) is 15.6. The Bertz CT molecular complexity index is 709. The van der Waals surface area contributed by atoms with E-state index in [4.69, 9.17) is 0 Å². The number of carbonyl (C=O) groups is 1. The first-order valence-corrected chi connectivity index (χ1v) is 9.39. The number of amides is 1. The molecule has 0 unspecified atom stereocenters. The number of thiazole rings is 1. The highest BCUT2D eigenvalue weighted by atomic mass is 35.5. The molecule has 1 aromatic carbocycles. The van der Waals surface area contributed by atoms with Crippen LogP contribution in [-0.2, 0) is 11.3 Å². The smallest absolute Gasteiger partial charge is 0.223 e. The van der Waals surface area contributed by atoms with Gasteiger partial charge in [-0.15, -0.1) is 48.6 Å². The van der Waals surface area contributed by atoms with E-state index >= 15 is 0 Å². The van der Waals surface area contributed by atoms with Gasteiger partial charge in [0, 0.05) is 56.6 Å². The van der Waals surface area contributed by atoms with Gasteiger partial charge in [-0.3, -0.25) is 9.69 Å². The van der Waals surface area contributed by atoms with Gasteiger partial charge in [-0.05, 0) is 31.3 Å². The lowest BCUT2D eigenvalue weighted by atomic mass is 10.2. The number of hydrogen-bond acceptors (Lipinski definition) is 5. The first kappa shape index (κ1) is 27.0. The second kappa shape index (κ2) is 13.3. The van der Waals surface area contributed by atoms with Crippen molar-refractivity contribution in [2.24, 2.45) is 0 Å². The Morgan fingerprint density at radius 3 is 2.39 bits per heavy atom. The number of carbonyl (C=O) groups excluding carboxylic acids is 1.